The van der Waals surface area contributed by atoms with E-state index in [4.69, 9.17) is 16.2 Å². The third-order valence-corrected chi connectivity index (χ3v) is 5.35. The molecule has 2 aromatic rings. The quantitative estimate of drug-likeness (QED) is 0.704. The lowest BCUT2D eigenvalue weighted by molar-refractivity contribution is 0.322. The summed E-state index contributed by atoms with van der Waals surface area (Å²) in [5, 5.41) is 0. The Labute approximate surface area is 144 Å². The van der Waals surface area contributed by atoms with Crippen molar-refractivity contribution in [3.8, 4) is 5.88 Å². The van der Waals surface area contributed by atoms with Gasteiger partial charge in [-0.3, -0.25) is 9.78 Å². The fraction of sp³-hybridized carbons (Fsp3) is 0.500. The Morgan fingerprint density at radius 2 is 1.96 bits per heavy atom. The van der Waals surface area contributed by atoms with Crippen molar-refractivity contribution in [3.05, 3.63) is 27.7 Å². The second-order valence-corrected chi connectivity index (χ2v) is 6.67. The summed E-state index contributed by atoms with van der Waals surface area (Å²) in [6, 6.07) is 1.79. The van der Waals surface area contributed by atoms with E-state index < -0.39 is 0 Å². The van der Waals surface area contributed by atoms with Crippen molar-refractivity contribution in [2.75, 3.05) is 36.6 Å². The Kier molecular flexibility index (Phi) is 3.52. The molecule has 1 fully saturated rings. The average molecular weight is 343 g/mol. The minimum Gasteiger partial charge on any atom is -0.481 e. The van der Waals surface area contributed by atoms with Crippen LogP contribution in [-0.2, 0) is 11.8 Å². The third kappa shape index (κ3) is 2.55. The molecule has 2 aromatic heterocycles. The standard InChI is InChI=1S/C16H21N7O2/c1-25-11-8-10(19-14(17)20-11)23-6-4-16(5-7-23)3-2-9-12(16)21-15(18)22-13(9)24/h8H,2-7H2,1H3,(H2,17,19,20)(H3,18,21,22,24). The van der Waals surface area contributed by atoms with E-state index in [2.05, 4.69) is 24.8 Å². The van der Waals surface area contributed by atoms with E-state index in [-0.39, 0.29) is 22.9 Å². The van der Waals surface area contributed by atoms with Crippen molar-refractivity contribution in [2.45, 2.75) is 31.1 Å². The number of nitrogens with one attached hydrogen (secondary N) is 1. The molecule has 9 heteroatoms. The topological polar surface area (TPSA) is 136 Å². The maximum absolute atomic E-state index is 12.1. The van der Waals surface area contributed by atoms with Gasteiger partial charge in [0.15, 0.2) is 0 Å². The zero-order chi connectivity index (χ0) is 17.6. The number of piperidine rings is 1. The van der Waals surface area contributed by atoms with Crippen LogP contribution in [0.2, 0.25) is 0 Å². The molecule has 4 rings (SSSR count). The van der Waals surface area contributed by atoms with Gasteiger partial charge in [0.05, 0.1) is 12.8 Å². The van der Waals surface area contributed by atoms with Crippen molar-refractivity contribution in [3.63, 3.8) is 0 Å². The maximum atomic E-state index is 12.1. The van der Waals surface area contributed by atoms with E-state index in [1.165, 1.54) is 0 Å². The number of nitrogen functional groups attached to an aromatic ring is 2. The largest absolute Gasteiger partial charge is 0.481 e. The summed E-state index contributed by atoms with van der Waals surface area (Å²) in [6.07, 6.45) is 3.47. The van der Waals surface area contributed by atoms with Crippen LogP contribution in [0.15, 0.2) is 10.9 Å². The number of aromatic amines is 1. The number of hydrogen-bond acceptors (Lipinski definition) is 8. The Morgan fingerprint density at radius 1 is 1.20 bits per heavy atom. The number of fused-ring (bicyclic) bond motifs is 2. The molecular formula is C16H21N7O2. The molecule has 0 aromatic carbocycles. The number of aromatic nitrogens is 4. The Balaban J connectivity index is 1.59. The molecular weight excluding hydrogens is 322 g/mol. The highest BCUT2D eigenvalue weighted by Crippen LogP contribution is 2.44. The van der Waals surface area contributed by atoms with Gasteiger partial charge in [0, 0.05) is 30.1 Å². The molecule has 0 saturated carbocycles. The van der Waals surface area contributed by atoms with E-state index in [9.17, 15) is 4.79 Å². The summed E-state index contributed by atoms with van der Waals surface area (Å²) in [6.45, 7) is 1.60. The van der Waals surface area contributed by atoms with Crippen molar-refractivity contribution in [1.29, 1.82) is 0 Å². The van der Waals surface area contributed by atoms with Crippen LogP contribution in [0, 0.1) is 0 Å². The zero-order valence-corrected chi connectivity index (χ0v) is 14.1. The molecule has 3 heterocycles. The van der Waals surface area contributed by atoms with Gasteiger partial charge in [0.1, 0.15) is 5.82 Å². The van der Waals surface area contributed by atoms with Crippen molar-refractivity contribution >= 4 is 17.7 Å². The molecule has 0 bridgehead atoms. The highest BCUT2D eigenvalue weighted by Gasteiger charge is 2.44. The summed E-state index contributed by atoms with van der Waals surface area (Å²) in [7, 11) is 1.56. The number of nitrogens with two attached hydrogens (primary N) is 2. The lowest BCUT2D eigenvalue weighted by Gasteiger charge is -2.39. The highest BCUT2D eigenvalue weighted by atomic mass is 16.5. The molecule has 1 saturated heterocycles. The second-order valence-electron chi connectivity index (χ2n) is 6.67. The molecule has 132 valence electrons. The van der Waals surface area contributed by atoms with Gasteiger partial charge in [-0.15, -0.1) is 0 Å². The van der Waals surface area contributed by atoms with Gasteiger partial charge in [-0.25, -0.2) is 4.98 Å². The molecule has 1 aliphatic heterocycles. The van der Waals surface area contributed by atoms with Gasteiger partial charge in [-0.1, -0.05) is 0 Å². The minimum atomic E-state index is -0.102. The van der Waals surface area contributed by atoms with E-state index in [1.54, 1.807) is 13.2 Å². The van der Waals surface area contributed by atoms with Gasteiger partial charge in [-0.2, -0.15) is 9.97 Å². The molecule has 1 aliphatic carbocycles. The number of H-pyrrole nitrogens is 1. The number of nitrogens with zero attached hydrogens (tertiary/aromatic N) is 4. The van der Waals surface area contributed by atoms with Crippen LogP contribution in [0.4, 0.5) is 17.7 Å². The first-order chi connectivity index (χ1) is 12.0. The Bertz CT molecular complexity index is 871. The van der Waals surface area contributed by atoms with E-state index in [0.717, 1.165) is 55.8 Å². The Morgan fingerprint density at radius 3 is 2.68 bits per heavy atom. The Hall–Kier alpha value is -2.84. The second kappa shape index (κ2) is 5.61. The van der Waals surface area contributed by atoms with Gasteiger partial charge in [0.2, 0.25) is 17.8 Å². The molecule has 0 unspecified atom stereocenters. The van der Waals surface area contributed by atoms with Gasteiger partial charge >= 0.3 is 0 Å². The van der Waals surface area contributed by atoms with E-state index in [0.29, 0.717) is 5.88 Å². The molecule has 0 radical (unpaired) electrons. The number of ether oxygens (including phenoxy) is 1. The molecule has 2 aliphatic rings. The normalized spacial score (nSPS) is 18.4. The lowest BCUT2D eigenvalue weighted by atomic mass is 9.76. The van der Waals surface area contributed by atoms with Crippen molar-refractivity contribution in [2.24, 2.45) is 0 Å². The van der Waals surface area contributed by atoms with Crippen LogP contribution in [0.1, 0.15) is 30.5 Å². The molecule has 0 atom stereocenters. The van der Waals surface area contributed by atoms with Crippen LogP contribution in [0.3, 0.4) is 0 Å². The fourth-order valence-corrected chi connectivity index (χ4v) is 4.02. The summed E-state index contributed by atoms with van der Waals surface area (Å²) in [5.74, 6) is 1.60. The predicted molar refractivity (Wildman–Crippen MR) is 93.7 cm³/mol. The molecule has 25 heavy (non-hydrogen) atoms. The first-order valence-electron chi connectivity index (χ1n) is 8.33. The fourth-order valence-electron chi connectivity index (χ4n) is 4.02. The van der Waals surface area contributed by atoms with Crippen LogP contribution >= 0.6 is 0 Å². The lowest BCUT2D eigenvalue weighted by Crippen LogP contribution is -2.42. The van der Waals surface area contributed by atoms with Gasteiger partial charge in [-0.05, 0) is 25.7 Å². The van der Waals surface area contributed by atoms with Crippen LogP contribution in [-0.4, -0.2) is 40.1 Å². The smallest absolute Gasteiger partial charge is 0.255 e. The monoisotopic (exact) mass is 343 g/mol. The molecule has 9 nitrogen and oxygen atoms in total. The van der Waals surface area contributed by atoms with E-state index >= 15 is 0 Å². The summed E-state index contributed by atoms with van der Waals surface area (Å²) >= 11 is 0. The summed E-state index contributed by atoms with van der Waals surface area (Å²) < 4.78 is 5.17. The predicted octanol–water partition coefficient (Wildman–Crippen LogP) is 0.217. The highest BCUT2D eigenvalue weighted by molar-refractivity contribution is 5.47. The van der Waals surface area contributed by atoms with Crippen LogP contribution < -0.4 is 26.7 Å². The summed E-state index contributed by atoms with van der Waals surface area (Å²) in [4.78, 5) is 29.7. The van der Waals surface area contributed by atoms with Gasteiger partial charge < -0.3 is 21.1 Å². The third-order valence-electron chi connectivity index (χ3n) is 5.35. The first-order valence-corrected chi connectivity index (χ1v) is 8.33. The van der Waals surface area contributed by atoms with Gasteiger partial charge in [0.25, 0.3) is 5.56 Å². The number of rotatable bonds is 2. The number of anilines is 3. The van der Waals surface area contributed by atoms with Crippen LogP contribution in [0.5, 0.6) is 5.88 Å². The zero-order valence-electron chi connectivity index (χ0n) is 14.1. The SMILES string of the molecule is COc1cc(N2CCC3(CCc4c3nc(N)[nH]c4=O)CC2)nc(N)n1. The first kappa shape index (κ1) is 15.7. The van der Waals surface area contributed by atoms with Crippen LogP contribution in [0.25, 0.3) is 0 Å². The molecule has 1 spiro atoms. The summed E-state index contributed by atoms with van der Waals surface area (Å²) in [5.41, 5.74) is 13.0. The minimum absolute atomic E-state index is 0.0725. The molecule has 0 amide bonds. The van der Waals surface area contributed by atoms with Crippen molar-refractivity contribution in [1.82, 2.24) is 19.9 Å². The number of methoxy groups -OCH3 is 1. The van der Waals surface area contributed by atoms with Crippen molar-refractivity contribution < 1.29 is 4.74 Å². The maximum Gasteiger partial charge on any atom is 0.255 e. The molecule has 5 N–H and O–H groups in total. The van der Waals surface area contributed by atoms with E-state index in [1.807, 2.05) is 0 Å². The number of hydrogen-bond donors (Lipinski definition) is 3. The average Bonchev–Trinajstić information content (AvgIpc) is 2.93.